The summed E-state index contributed by atoms with van der Waals surface area (Å²) in [6, 6.07) is 0. The number of hydrogen-bond acceptors (Lipinski definition) is 26. The Morgan fingerprint density at radius 1 is 0.237 bits per heavy atom. The summed E-state index contributed by atoms with van der Waals surface area (Å²) >= 11 is 0. The molecule has 80 heavy (non-hydrogen) atoms. The highest BCUT2D eigenvalue weighted by Gasteiger charge is 2.22. The molecule has 0 amide bonds. The molecule has 2 rings (SSSR count). The van der Waals surface area contributed by atoms with Gasteiger partial charge in [-0.05, 0) is 0 Å². The summed E-state index contributed by atoms with van der Waals surface area (Å²) < 4.78 is 86.0. The molecule has 0 N–H and O–H groups in total. The van der Waals surface area contributed by atoms with Crippen molar-refractivity contribution in [3.63, 3.8) is 0 Å². The van der Waals surface area contributed by atoms with Crippen LogP contribution in [-0.2, 0) is 134 Å². The van der Waals surface area contributed by atoms with Crippen LogP contribution in [0.15, 0.2) is 28.8 Å². The maximum absolute atomic E-state index is 14.0. The Hall–Kier alpha value is -5.78. The smallest absolute Gasteiger partial charge is 0.336 e. The van der Waals surface area contributed by atoms with Crippen LogP contribution in [0.2, 0.25) is 0 Å². The zero-order chi connectivity index (χ0) is 58.6. The van der Waals surface area contributed by atoms with E-state index in [-0.39, 0.29) is 106 Å². The predicted octanol–water partition coefficient (Wildman–Crippen LogP) is -4.19. The summed E-state index contributed by atoms with van der Waals surface area (Å²) in [6.45, 7) is -0.0236. The van der Waals surface area contributed by atoms with Gasteiger partial charge in [0.2, 0.25) is 0 Å². The average molecular weight is 1160 g/mol. The van der Waals surface area contributed by atoms with Crippen molar-refractivity contribution >= 4 is 23.9 Å². The van der Waals surface area contributed by atoms with E-state index in [0.29, 0.717) is 80.3 Å². The summed E-state index contributed by atoms with van der Waals surface area (Å²) in [5.74, 6) is -3.40. The molecule has 0 aromatic carbocycles. The molecule has 0 fully saturated rings. The van der Waals surface area contributed by atoms with Gasteiger partial charge in [-0.1, -0.05) is 0 Å². The lowest BCUT2D eigenvalue weighted by molar-refractivity contribution is -0.146. The van der Waals surface area contributed by atoms with Gasteiger partial charge in [-0.2, -0.15) is 0 Å². The van der Waals surface area contributed by atoms with Crippen LogP contribution < -0.4 is 34.1 Å². The van der Waals surface area contributed by atoms with E-state index in [4.69, 9.17) is 75.8 Å². The van der Waals surface area contributed by atoms with Gasteiger partial charge < -0.3 is 75.8 Å². The molecule has 458 valence electrons. The highest BCUT2D eigenvalue weighted by Crippen LogP contribution is 1.97. The fourth-order valence-corrected chi connectivity index (χ4v) is 6.53. The summed E-state index contributed by atoms with van der Waals surface area (Å²) in [6.07, 6.45) is -2.22. The van der Waals surface area contributed by atoms with Crippen LogP contribution in [0.5, 0.6) is 0 Å². The normalized spacial score (nSPS) is 11.3. The maximum Gasteiger partial charge on any atom is 0.336 e. The third-order valence-electron chi connectivity index (χ3n) is 10.7. The minimum absolute atomic E-state index is 0.00383. The first kappa shape index (κ1) is 70.3. The van der Waals surface area contributed by atoms with Gasteiger partial charge in [0.15, 0.2) is 0 Å². The second-order valence-electron chi connectivity index (χ2n) is 16.4. The highest BCUT2D eigenvalue weighted by molar-refractivity contribution is 5.70. The minimum atomic E-state index is -1.27. The molecule has 0 atom stereocenters. The van der Waals surface area contributed by atoms with E-state index in [9.17, 15) is 47.9 Å². The number of methoxy groups -OCH3 is 4. The van der Waals surface area contributed by atoms with Crippen LogP contribution in [0.3, 0.4) is 0 Å². The SMILES string of the molecule is COCCOCCOCCOC(=O)CCn1c(=O)n(CCC(=O)OCCOCCOCCOC)c(=O)n(CCn2c(=O)n(CCC(=O)OCCOCCOCCOC)c(=O)n(CCC(=O)OCCOCCOCCOC)c2=O)c1=O. The number of carbonyl (C=O) groups is 4. The van der Waals surface area contributed by atoms with Crippen molar-refractivity contribution in [2.75, 3.05) is 187 Å². The molecule has 2 heterocycles. The molecule has 0 aliphatic heterocycles. The van der Waals surface area contributed by atoms with Crippen molar-refractivity contribution < 1.29 is 95.0 Å². The van der Waals surface area contributed by atoms with E-state index < -0.39 is 123 Å². The number of rotatable bonds is 51. The van der Waals surface area contributed by atoms with Gasteiger partial charge in [0, 0.05) is 54.6 Å². The number of carbonyl (C=O) groups excluding carboxylic acids is 4. The van der Waals surface area contributed by atoms with Crippen LogP contribution in [0.1, 0.15) is 25.7 Å². The van der Waals surface area contributed by atoms with Crippen LogP contribution in [0.4, 0.5) is 0 Å². The first-order valence-electron chi connectivity index (χ1n) is 25.9. The van der Waals surface area contributed by atoms with Crippen molar-refractivity contribution in [2.45, 2.75) is 65.0 Å². The summed E-state index contributed by atoms with van der Waals surface area (Å²) in [4.78, 5) is 135. The lowest BCUT2D eigenvalue weighted by Crippen LogP contribution is -2.57. The number of hydrogen-bond donors (Lipinski definition) is 0. The largest absolute Gasteiger partial charge is 0.463 e. The molecule has 0 spiro atoms. The molecule has 0 saturated heterocycles. The quantitative estimate of drug-likeness (QED) is 0.0344. The summed E-state index contributed by atoms with van der Waals surface area (Å²) in [5, 5.41) is 0. The Bertz CT molecular complexity index is 2110. The van der Waals surface area contributed by atoms with Crippen molar-refractivity contribution in [1.82, 2.24) is 27.4 Å². The molecule has 32 nitrogen and oxygen atoms in total. The molecule has 0 bridgehead atoms. The van der Waals surface area contributed by atoms with Crippen LogP contribution in [0, 0.1) is 0 Å². The van der Waals surface area contributed by atoms with Crippen LogP contribution in [0.25, 0.3) is 0 Å². The van der Waals surface area contributed by atoms with Crippen molar-refractivity contribution in [3.05, 3.63) is 62.9 Å². The lowest BCUT2D eigenvalue weighted by Gasteiger charge is -2.16. The minimum Gasteiger partial charge on any atom is -0.463 e. The molecular formula is C48H80N6O26. The highest BCUT2D eigenvalue weighted by atomic mass is 16.6. The molecule has 0 saturated carbocycles. The van der Waals surface area contributed by atoms with Gasteiger partial charge in [0.25, 0.3) is 0 Å². The fraction of sp³-hybridized carbons (Fsp3) is 0.792. The Morgan fingerprint density at radius 3 is 0.562 bits per heavy atom. The van der Waals surface area contributed by atoms with Crippen molar-refractivity contribution in [2.24, 2.45) is 0 Å². The number of esters is 4. The topological polar surface area (TPSA) is 348 Å². The van der Waals surface area contributed by atoms with Gasteiger partial charge in [0.05, 0.1) is 171 Å². The van der Waals surface area contributed by atoms with E-state index in [1.54, 1.807) is 0 Å². The first-order valence-corrected chi connectivity index (χ1v) is 25.9. The molecule has 0 unspecified atom stereocenters. The molecule has 2 aromatic heterocycles. The molecular weight excluding hydrogens is 1080 g/mol. The Balaban J connectivity index is 2.40. The van der Waals surface area contributed by atoms with E-state index in [1.807, 2.05) is 0 Å². The Labute approximate surface area is 460 Å². The zero-order valence-corrected chi connectivity index (χ0v) is 46.3. The molecule has 2 aromatic rings. The van der Waals surface area contributed by atoms with Crippen molar-refractivity contribution in [1.29, 1.82) is 0 Å². The average Bonchev–Trinajstić information content (AvgIpc) is 3.58. The van der Waals surface area contributed by atoms with Gasteiger partial charge in [0.1, 0.15) is 26.4 Å². The molecule has 0 radical (unpaired) electrons. The van der Waals surface area contributed by atoms with Crippen LogP contribution >= 0.6 is 0 Å². The monoisotopic (exact) mass is 1160 g/mol. The van der Waals surface area contributed by atoms with Crippen molar-refractivity contribution in [3.8, 4) is 0 Å². The van der Waals surface area contributed by atoms with E-state index >= 15 is 0 Å². The second kappa shape index (κ2) is 44.9. The number of aromatic nitrogens is 6. The number of nitrogens with zero attached hydrogens (tertiary/aromatic N) is 6. The van der Waals surface area contributed by atoms with Gasteiger partial charge in [-0.3, -0.25) is 19.2 Å². The van der Waals surface area contributed by atoms with E-state index in [0.717, 1.165) is 0 Å². The summed E-state index contributed by atoms with van der Waals surface area (Å²) in [7, 11) is 6.12. The lowest BCUT2D eigenvalue weighted by atomic mass is 10.4. The zero-order valence-electron chi connectivity index (χ0n) is 46.3. The van der Waals surface area contributed by atoms with Gasteiger partial charge >= 0.3 is 58.0 Å². The van der Waals surface area contributed by atoms with Gasteiger partial charge in [-0.25, -0.2) is 56.2 Å². The van der Waals surface area contributed by atoms with E-state index in [1.165, 1.54) is 28.4 Å². The van der Waals surface area contributed by atoms with Crippen LogP contribution in [-0.4, -0.2) is 238 Å². The molecule has 0 aliphatic carbocycles. The fourth-order valence-electron chi connectivity index (χ4n) is 6.53. The third kappa shape index (κ3) is 29.6. The predicted molar refractivity (Wildman–Crippen MR) is 275 cm³/mol. The molecule has 32 heteroatoms. The maximum atomic E-state index is 14.0. The third-order valence-corrected chi connectivity index (χ3v) is 10.7. The van der Waals surface area contributed by atoms with Gasteiger partial charge in [-0.15, -0.1) is 0 Å². The molecule has 0 aliphatic rings. The summed E-state index contributed by atoms with van der Waals surface area (Å²) in [5.41, 5.74) is -7.52. The Kier molecular flexibility index (Phi) is 39.5. The Morgan fingerprint density at radius 2 is 0.388 bits per heavy atom. The van der Waals surface area contributed by atoms with E-state index in [2.05, 4.69) is 0 Å². The first-order chi connectivity index (χ1) is 38.8. The standard InChI is InChI=1S/C48H80N6O26/c1-65-15-19-69-23-27-73-31-35-77-39(55)5-9-49-43(59)50(10-6-40(56)78-36-32-74-28-24-70-20-16-66-2)46(62)53(45(49)61)13-14-54-47(63)51(11-7-41(57)79-37-33-75-29-25-71-21-17-67-3)44(60)52(48(54)64)12-8-42(58)80-38-34-76-30-26-72-22-18-68-4/h5-38H2,1-4H3. The second-order valence-corrected chi connectivity index (χ2v) is 16.4. The number of ether oxygens (including phenoxy) is 16.